The van der Waals surface area contributed by atoms with Crippen LogP contribution in [0, 0.1) is 17.3 Å². The minimum Gasteiger partial charge on any atom is -0.341 e. The number of aromatic nitrogens is 4. The summed E-state index contributed by atoms with van der Waals surface area (Å²) in [6.45, 7) is 0. The summed E-state index contributed by atoms with van der Waals surface area (Å²) in [5.74, 6) is 3.95. The Kier molecular flexibility index (Phi) is 4.80. The van der Waals surface area contributed by atoms with Crippen LogP contribution in [0.15, 0.2) is 48.8 Å². The average Bonchev–Trinajstić information content (AvgIpc) is 3.54. The fraction of sp³-hybridized carbons (Fsp3) is 0.486. The Morgan fingerprint density at radius 2 is 1.17 bits per heavy atom. The highest BCUT2D eigenvalue weighted by Gasteiger charge is 2.48. The first kappa shape index (κ1) is 23.4. The van der Waals surface area contributed by atoms with Gasteiger partial charge in [-0.05, 0) is 96.4 Å². The Morgan fingerprint density at radius 3 is 1.80 bits per heavy atom. The van der Waals surface area contributed by atoms with Crippen LogP contribution >= 0.6 is 0 Å². The second kappa shape index (κ2) is 8.42. The predicted molar refractivity (Wildman–Crippen MR) is 160 cm³/mol. The Labute approximate surface area is 241 Å². The zero-order valence-electron chi connectivity index (χ0n) is 23.5. The molecule has 4 aliphatic carbocycles. The van der Waals surface area contributed by atoms with Gasteiger partial charge < -0.3 is 20.6 Å². The molecule has 2 aliphatic heterocycles. The Hall–Kier alpha value is -3.22. The third kappa shape index (κ3) is 3.76. The van der Waals surface area contributed by atoms with Crippen molar-refractivity contribution in [3.8, 4) is 33.6 Å². The highest BCUT2D eigenvalue weighted by molar-refractivity contribution is 5.78. The van der Waals surface area contributed by atoms with Gasteiger partial charge in [-0.3, -0.25) is 0 Å². The number of fused-ring (bicyclic) bond motifs is 3. The van der Waals surface area contributed by atoms with Crippen LogP contribution in [0.25, 0.3) is 33.6 Å². The van der Waals surface area contributed by atoms with Gasteiger partial charge in [-0.15, -0.1) is 0 Å². The maximum absolute atomic E-state index is 4.87. The molecule has 0 radical (unpaired) electrons. The van der Waals surface area contributed by atoms with E-state index in [4.69, 9.17) is 9.97 Å². The quantitative estimate of drug-likeness (QED) is 0.228. The molecule has 2 aromatic carbocycles. The van der Waals surface area contributed by atoms with Crippen molar-refractivity contribution in [1.29, 1.82) is 0 Å². The van der Waals surface area contributed by atoms with Gasteiger partial charge in [-0.2, -0.15) is 0 Å². The van der Waals surface area contributed by atoms with Crippen LogP contribution in [0.2, 0.25) is 0 Å². The van der Waals surface area contributed by atoms with Crippen molar-refractivity contribution in [2.75, 3.05) is 0 Å². The molecule has 1 spiro atoms. The van der Waals surface area contributed by atoms with Gasteiger partial charge in [-0.1, -0.05) is 49.2 Å². The lowest BCUT2D eigenvalue weighted by atomic mass is 9.82. The van der Waals surface area contributed by atoms with Gasteiger partial charge in [0.25, 0.3) is 0 Å². The highest BCUT2D eigenvalue weighted by Crippen LogP contribution is 2.53. The molecule has 6 heteroatoms. The number of aromatic amines is 2. The molecular formula is C35H38N6. The molecular weight excluding hydrogens is 504 g/mol. The van der Waals surface area contributed by atoms with Crippen LogP contribution in [0.3, 0.4) is 0 Å². The van der Waals surface area contributed by atoms with Crippen LogP contribution in [0.5, 0.6) is 0 Å². The second-order valence-corrected chi connectivity index (χ2v) is 14.2. The maximum Gasteiger partial charge on any atom is 0.123 e. The fourth-order valence-corrected chi connectivity index (χ4v) is 9.11. The normalized spacial score (nSPS) is 31.9. The van der Waals surface area contributed by atoms with E-state index >= 15 is 0 Å². The van der Waals surface area contributed by atoms with Crippen LogP contribution in [-0.2, 0) is 12.8 Å². The zero-order valence-corrected chi connectivity index (χ0v) is 23.5. The summed E-state index contributed by atoms with van der Waals surface area (Å²) in [7, 11) is 0. The van der Waals surface area contributed by atoms with Crippen LogP contribution in [0.1, 0.15) is 86.2 Å². The molecule has 4 N–H and O–H groups in total. The number of nitrogens with zero attached hydrogens (tertiary/aromatic N) is 2. The summed E-state index contributed by atoms with van der Waals surface area (Å²) in [6.07, 6.45) is 17.1. The summed E-state index contributed by atoms with van der Waals surface area (Å²) in [5, 5.41) is 7.48. The molecule has 0 bridgehead atoms. The molecule has 5 fully saturated rings. The van der Waals surface area contributed by atoms with E-state index in [9.17, 15) is 0 Å². The molecule has 41 heavy (non-hydrogen) atoms. The van der Waals surface area contributed by atoms with Gasteiger partial charge in [-0.25, -0.2) is 9.97 Å². The molecule has 6 aliphatic rings. The topological polar surface area (TPSA) is 81.4 Å². The molecule has 6 unspecified atom stereocenters. The van der Waals surface area contributed by atoms with E-state index in [0.29, 0.717) is 17.5 Å². The molecule has 0 amide bonds. The van der Waals surface area contributed by atoms with Gasteiger partial charge in [0.2, 0.25) is 0 Å². The minimum absolute atomic E-state index is 0.391. The first-order valence-corrected chi connectivity index (χ1v) is 16.1. The first-order valence-electron chi connectivity index (χ1n) is 16.1. The lowest BCUT2D eigenvalue weighted by Gasteiger charge is -2.22. The van der Waals surface area contributed by atoms with Crippen molar-refractivity contribution < 1.29 is 0 Å². The summed E-state index contributed by atoms with van der Waals surface area (Å²) in [6, 6.07) is 16.2. The van der Waals surface area contributed by atoms with E-state index in [-0.39, 0.29) is 0 Å². The lowest BCUT2D eigenvalue weighted by molar-refractivity contribution is 0.318. The molecule has 4 aromatic rings. The van der Waals surface area contributed by atoms with E-state index in [2.05, 4.69) is 63.2 Å². The first-order chi connectivity index (χ1) is 20.2. The van der Waals surface area contributed by atoms with E-state index < -0.39 is 0 Å². The zero-order chi connectivity index (χ0) is 26.7. The van der Waals surface area contributed by atoms with Gasteiger partial charge in [0.1, 0.15) is 11.6 Å². The molecule has 3 saturated carbocycles. The van der Waals surface area contributed by atoms with Crippen LogP contribution in [-0.4, -0.2) is 32.0 Å². The number of piperidine rings is 2. The molecule has 6 nitrogen and oxygen atoms in total. The fourth-order valence-electron chi connectivity index (χ4n) is 9.11. The Morgan fingerprint density at radius 1 is 0.610 bits per heavy atom. The number of benzene rings is 2. The van der Waals surface area contributed by atoms with E-state index in [1.54, 1.807) is 11.1 Å². The predicted octanol–water partition coefficient (Wildman–Crippen LogP) is 6.64. The lowest BCUT2D eigenvalue weighted by Crippen LogP contribution is -2.18. The number of hydrogen-bond acceptors (Lipinski definition) is 4. The summed E-state index contributed by atoms with van der Waals surface area (Å²) in [4.78, 5) is 17.0. The number of rotatable bonds is 5. The standard InChI is InChI=1S/C35H38N6/c1-2-10-35(9-1)15-25-23(7-8-24(26(25)16-35)32-18-37-34(41-32)30-14-22-12-28(22)39-30)19-3-5-20(6-4-19)31-17-36-33(40-31)29-13-21-11-27(21)38-29/h3-8,17-18,21-22,27-30,38-39H,1-2,9-16H2,(H,36,40)(H,37,41). The molecule has 2 saturated heterocycles. The largest absolute Gasteiger partial charge is 0.341 e. The Balaban J connectivity index is 0.970. The average molecular weight is 543 g/mol. The number of H-pyrrole nitrogens is 2. The van der Waals surface area contributed by atoms with Crippen molar-refractivity contribution in [3.63, 3.8) is 0 Å². The molecule has 10 rings (SSSR count). The molecule has 6 atom stereocenters. The van der Waals surface area contributed by atoms with Crippen molar-refractivity contribution >= 4 is 0 Å². The van der Waals surface area contributed by atoms with E-state index in [0.717, 1.165) is 41.3 Å². The third-order valence-corrected chi connectivity index (χ3v) is 11.6. The molecule has 208 valence electrons. The monoisotopic (exact) mass is 542 g/mol. The van der Waals surface area contributed by atoms with Gasteiger partial charge in [0, 0.05) is 17.6 Å². The van der Waals surface area contributed by atoms with Crippen molar-refractivity contribution in [3.05, 3.63) is 71.6 Å². The number of hydrogen-bond donors (Lipinski definition) is 4. The van der Waals surface area contributed by atoms with Gasteiger partial charge in [0.15, 0.2) is 0 Å². The van der Waals surface area contributed by atoms with E-state index in [1.165, 1.54) is 92.2 Å². The molecule has 4 heterocycles. The molecule has 2 aromatic heterocycles. The van der Waals surface area contributed by atoms with Gasteiger partial charge in [0.05, 0.1) is 35.9 Å². The summed E-state index contributed by atoms with van der Waals surface area (Å²) < 4.78 is 0. The number of nitrogens with one attached hydrogen (secondary N) is 4. The van der Waals surface area contributed by atoms with Crippen LogP contribution in [0.4, 0.5) is 0 Å². The summed E-state index contributed by atoms with van der Waals surface area (Å²) in [5.41, 5.74) is 11.2. The van der Waals surface area contributed by atoms with E-state index in [1.807, 2.05) is 6.20 Å². The maximum atomic E-state index is 4.87. The second-order valence-electron chi connectivity index (χ2n) is 14.2. The number of imidazole rings is 2. The van der Waals surface area contributed by atoms with Crippen molar-refractivity contribution in [2.24, 2.45) is 17.3 Å². The SMILES string of the molecule is c1cc(-c2ccc(-c3cnc(C4CC5CC5N4)[nH]3)c3c2CC2(CCCC2)C3)ccc1-c1cnc(C2CC3CC3N2)[nH]1. The van der Waals surface area contributed by atoms with Crippen molar-refractivity contribution in [1.82, 2.24) is 30.6 Å². The highest BCUT2D eigenvalue weighted by atomic mass is 15.1. The smallest absolute Gasteiger partial charge is 0.123 e. The minimum atomic E-state index is 0.391. The van der Waals surface area contributed by atoms with Crippen molar-refractivity contribution in [2.45, 2.75) is 88.4 Å². The third-order valence-electron chi connectivity index (χ3n) is 11.6. The Bertz CT molecular complexity index is 1640. The summed E-state index contributed by atoms with van der Waals surface area (Å²) >= 11 is 0. The van der Waals surface area contributed by atoms with Gasteiger partial charge >= 0.3 is 0 Å². The van der Waals surface area contributed by atoms with Crippen LogP contribution < -0.4 is 10.6 Å².